The average Bonchev–Trinajstić information content (AvgIpc) is 2.45. The molecule has 4 nitrogen and oxygen atoms in total. The van der Waals surface area contributed by atoms with Crippen molar-refractivity contribution in [1.82, 2.24) is 0 Å². The second-order valence-electron chi connectivity index (χ2n) is 5.06. The minimum absolute atomic E-state index is 0.107. The molecule has 0 spiro atoms. The predicted molar refractivity (Wildman–Crippen MR) is 84.2 cm³/mol. The number of anilines is 1. The zero-order valence-electron chi connectivity index (χ0n) is 12.6. The van der Waals surface area contributed by atoms with Crippen molar-refractivity contribution >= 4 is 5.69 Å². The van der Waals surface area contributed by atoms with Crippen LogP contribution >= 0.6 is 0 Å². The lowest BCUT2D eigenvalue weighted by Gasteiger charge is -2.15. The van der Waals surface area contributed by atoms with E-state index in [1.165, 1.54) is 0 Å². The van der Waals surface area contributed by atoms with Crippen LogP contribution in [-0.4, -0.2) is 18.3 Å². The lowest BCUT2D eigenvalue weighted by atomic mass is 10.2. The topological polar surface area (TPSA) is 50.7 Å². The molecule has 0 atom stereocenters. The van der Waals surface area contributed by atoms with E-state index in [1.807, 2.05) is 38.1 Å². The van der Waals surface area contributed by atoms with Crippen LogP contribution in [0.5, 0.6) is 17.2 Å². The first-order valence-corrected chi connectivity index (χ1v) is 6.95. The van der Waals surface area contributed by atoms with Gasteiger partial charge in [-0.3, -0.25) is 0 Å². The minimum atomic E-state index is 0.107. The summed E-state index contributed by atoms with van der Waals surface area (Å²) in [4.78, 5) is 0. The van der Waals surface area contributed by atoms with Gasteiger partial charge in [-0.25, -0.2) is 0 Å². The molecule has 0 bridgehead atoms. The molecule has 21 heavy (non-hydrogen) atoms. The van der Waals surface area contributed by atoms with Crippen molar-refractivity contribution in [2.75, 3.05) is 12.4 Å². The number of phenolic OH excluding ortho intramolecular Hbond substituents is 1. The summed E-state index contributed by atoms with van der Waals surface area (Å²) >= 11 is 0. The van der Waals surface area contributed by atoms with Crippen LogP contribution in [-0.2, 0) is 6.54 Å². The third-order valence-corrected chi connectivity index (χ3v) is 2.93. The average molecular weight is 287 g/mol. The second-order valence-corrected chi connectivity index (χ2v) is 5.06. The molecule has 0 unspecified atom stereocenters. The summed E-state index contributed by atoms with van der Waals surface area (Å²) in [5.41, 5.74) is 1.95. The summed E-state index contributed by atoms with van der Waals surface area (Å²) in [7, 11) is 1.63. The molecule has 2 aromatic rings. The van der Waals surface area contributed by atoms with Crippen molar-refractivity contribution in [3.63, 3.8) is 0 Å². The number of rotatable bonds is 6. The van der Waals surface area contributed by atoms with E-state index in [9.17, 15) is 5.11 Å². The highest BCUT2D eigenvalue weighted by Crippen LogP contribution is 2.29. The molecule has 0 saturated carbocycles. The van der Waals surface area contributed by atoms with Crippen LogP contribution < -0.4 is 14.8 Å². The van der Waals surface area contributed by atoms with Gasteiger partial charge >= 0.3 is 0 Å². The molecule has 0 radical (unpaired) electrons. The Labute approximate surface area is 125 Å². The Morgan fingerprint density at radius 3 is 2.57 bits per heavy atom. The quantitative estimate of drug-likeness (QED) is 0.848. The van der Waals surface area contributed by atoms with Crippen molar-refractivity contribution in [2.45, 2.75) is 26.5 Å². The van der Waals surface area contributed by atoms with Crippen LogP contribution in [0, 0.1) is 0 Å². The predicted octanol–water partition coefficient (Wildman–Crippen LogP) is 3.80. The maximum absolute atomic E-state index is 9.44. The first-order chi connectivity index (χ1) is 10.1. The molecular formula is C17H21NO3. The number of ether oxygens (including phenoxy) is 2. The molecule has 0 saturated heterocycles. The summed E-state index contributed by atoms with van der Waals surface area (Å²) in [6.07, 6.45) is 0.107. The molecule has 0 fully saturated rings. The van der Waals surface area contributed by atoms with E-state index in [0.29, 0.717) is 6.54 Å². The van der Waals surface area contributed by atoms with Crippen LogP contribution in [0.25, 0.3) is 0 Å². The first kappa shape index (κ1) is 15.0. The summed E-state index contributed by atoms with van der Waals surface area (Å²) in [5.74, 6) is 1.71. The molecule has 0 heterocycles. The zero-order chi connectivity index (χ0) is 15.2. The molecule has 2 N–H and O–H groups in total. The number of nitrogens with one attached hydrogen (secondary N) is 1. The van der Waals surface area contributed by atoms with Gasteiger partial charge < -0.3 is 19.9 Å². The van der Waals surface area contributed by atoms with Gasteiger partial charge in [-0.1, -0.05) is 12.1 Å². The molecule has 4 heteroatoms. The third kappa shape index (κ3) is 4.31. The number of hydrogen-bond acceptors (Lipinski definition) is 4. The molecule has 2 aromatic carbocycles. The smallest absolute Gasteiger partial charge is 0.161 e. The zero-order valence-corrected chi connectivity index (χ0v) is 12.6. The number of aromatic hydroxyl groups is 1. The van der Waals surface area contributed by atoms with Gasteiger partial charge in [-0.2, -0.15) is 0 Å². The van der Waals surface area contributed by atoms with E-state index in [-0.39, 0.29) is 11.9 Å². The van der Waals surface area contributed by atoms with Crippen molar-refractivity contribution in [3.8, 4) is 17.2 Å². The largest absolute Gasteiger partial charge is 0.508 e. The molecule has 0 aromatic heterocycles. The Morgan fingerprint density at radius 1 is 1.10 bits per heavy atom. The molecule has 0 aliphatic rings. The lowest BCUT2D eigenvalue weighted by Crippen LogP contribution is -2.07. The Bertz CT molecular complexity index is 596. The Morgan fingerprint density at radius 2 is 1.90 bits per heavy atom. The maximum Gasteiger partial charge on any atom is 0.161 e. The van der Waals surface area contributed by atoms with Gasteiger partial charge in [-0.15, -0.1) is 0 Å². The van der Waals surface area contributed by atoms with E-state index in [0.717, 1.165) is 22.7 Å². The lowest BCUT2D eigenvalue weighted by molar-refractivity contribution is 0.230. The van der Waals surface area contributed by atoms with Crippen LogP contribution in [0.2, 0.25) is 0 Å². The second kappa shape index (κ2) is 6.88. The molecule has 0 amide bonds. The fourth-order valence-corrected chi connectivity index (χ4v) is 1.99. The standard InChI is InChI=1S/C17H21NO3/c1-12(2)21-16-8-7-13(9-17(16)20-3)11-18-14-5-4-6-15(19)10-14/h4-10,12,18-19H,11H2,1-3H3. The minimum Gasteiger partial charge on any atom is -0.508 e. The van der Waals surface area contributed by atoms with Crippen molar-refractivity contribution < 1.29 is 14.6 Å². The molecular weight excluding hydrogens is 266 g/mol. The van der Waals surface area contributed by atoms with Gasteiger partial charge in [0.05, 0.1) is 13.2 Å². The van der Waals surface area contributed by atoms with Crippen molar-refractivity contribution in [2.24, 2.45) is 0 Å². The highest BCUT2D eigenvalue weighted by molar-refractivity contribution is 5.49. The van der Waals surface area contributed by atoms with E-state index < -0.39 is 0 Å². The number of phenols is 1. The third-order valence-electron chi connectivity index (χ3n) is 2.93. The van der Waals surface area contributed by atoms with Crippen molar-refractivity contribution in [1.29, 1.82) is 0 Å². The number of methoxy groups -OCH3 is 1. The number of hydrogen-bond donors (Lipinski definition) is 2. The summed E-state index contributed by atoms with van der Waals surface area (Å²) in [5, 5.41) is 12.7. The Hall–Kier alpha value is -2.36. The van der Waals surface area contributed by atoms with Crippen LogP contribution in [0.1, 0.15) is 19.4 Å². The van der Waals surface area contributed by atoms with Crippen LogP contribution in [0.4, 0.5) is 5.69 Å². The highest BCUT2D eigenvalue weighted by Gasteiger charge is 2.07. The Balaban J connectivity index is 2.07. The molecule has 112 valence electrons. The van der Waals surface area contributed by atoms with Gasteiger partial charge in [0.1, 0.15) is 5.75 Å². The van der Waals surface area contributed by atoms with Gasteiger partial charge in [0.2, 0.25) is 0 Å². The molecule has 2 rings (SSSR count). The molecule has 0 aliphatic heterocycles. The van der Waals surface area contributed by atoms with E-state index >= 15 is 0 Å². The fourth-order valence-electron chi connectivity index (χ4n) is 1.99. The SMILES string of the molecule is COc1cc(CNc2cccc(O)c2)ccc1OC(C)C. The monoisotopic (exact) mass is 287 g/mol. The summed E-state index contributed by atoms with van der Waals surface area (Å²) in [6.45, 7) is 4.61. The number of benzene rings is 2. The van der Waals surface area contributed by atoms with Gasteiger partial charge in [-0.05, 0) is 43.7 Å². The first-order valence-electron chi connectivity index (χ1n) is 6.95. The van der Waals surface area contributed by atoms with E-state index in [1.54, 1.807) is 25.3 Å². The Kier molecular flexibility index (Phi) is 4.93. The van der Waals surface area contributed by atoms with E-state index in [4.69, 9.17) is 9.47 Å². The van der Waals surface area contributed by atoms with Crippen LogP contribution in [0.3, 0.4) is 0 Å². The van der Waals surface area contributed by atoms with Gasteiger partial charge in [0.25, 0.3) is 0 Å². The fraction of sp³-hybridized carbons (Fsp3) is 0.294. The van der Waals surface area contributed by atoms with E-state index in [2.05, 4.69) is 5.32 Å². The van der Waals surface area contributed by atoms with Gasteiger partial charge in [0.15, 0.2) is 11.5 Å². The molecule has 0 aliphatic carbocycles. The van der Waals surface area contributed by atoms with Crippen molar-refractivity contribution in [3.05, 3.63) is 48.0 Å². The summed E-state index contributed by atoms with van der Waals surface area (Å²) in [6, 6.07) is 12.9. The van der Waals surface area contributed by atoms with Crippen LogP contribution in [0.15, 0.2) is 42.5 Å². The van der Waals surface area contributed by atoms with Gasteiger partial charge in [0, 0.05) is 18.3 Å². The summed E-state index contributed by atoms with van der Waals surface area (Å²) < 4.78 is 11.1. The maximum atomic E-state index is 9.44. The normalized spacial score (nSPS) is 10.5. The highest BCUT2D eigenvalue weighted by atomic mass is 16.5.